The zero-order valence-electron chi connectivity index (χ0n) is 17.0. The second kappa shape index (κ2) is 7.84. The van der Waals surface area contributed by atoms with Crippen molar-refractivity contribution < 1.29 is 0 Å². The normalized spacial score (nSPS) is 12.5. The van der Waals surface area contributed by atoms with Crippen LogP contribution in [0, 0.1) is 0 Å². The Morgan fingerprint density at radius 2 is 1.87 bits per heavy atom. The van der Waals surface area contributed by atoms with Crippen LogP contribution in [0.3, 0.4) is 0 Å². The number of aromatic amines is 2. The smallest absolute Gasteiger partial charge is 0.116 e. The Hall–Kier alpha value is -4.32. The number of pyridine rings is 3. The minimum absolute atomic E-state index is 0.830. The van der Waals surface area contributed by atoms with Crippen LogP contribution in [0.5, 0.6) is 0 Å². The lowest BCUT2D eigenvalue weighted by Crippen LogP contribution is -2.23. The van der Waals surface area contributed by atoms with Gasteiger partial charge in [0.25, 0.3) is 0 Å². The molecule has 0 bridgehead atoms. The highest BCUT2D eigenvalue weighted by Gasteiger charge is 2.13. The van der Waals surface area contributed by atoms with E-state index in [0.717, 1.165) is 55.1 Å². The number of rotatable bonds is 4. The van der Waals surface area contributed by atoms with Crippen molar-refractivity contribution in [3.63, 3.8) is 0 Å². The second-order valence-corrected chi connectivity index (χ2v) is 7.17. The molecule has 0 atom stereocenters. The summed E-state index contributed by atoms with van der Waals surface area (Å²) in [5.74, 6) is 0. The minimum atomic E-state index is 0.830. The second-order valence-electron chi connectivity index (χ2n) is 7.17. The molecule has 0 radical (unpaired) electrons. The van der Waals surface area contributed by atoms with Gasteiger partial charge in [-0.25, -0.2) is 0 Å². The summed E-state index contributed by atoms with van der Waals surface area (Å²) in [5.41, 5.74) is 6.64. The standard InChI is InChI=1S/C25H20N6/c1-3-22-20(11-16(2)17-6-9-26-10-7-17)25(31-30-22)23-12-19-21(14-28-15-24(19)29-23)18-5-4-8-27-13-18/h3-15,29-30H,2H2,1H3/b20-11+,22-3+. The van der Waals surface area contributed by atoms with Crippen molar-refractivity contribution in [1.29, 1.82) is 0 Å². The van der Waals surface area contributed by atoms with Gasteiger partial charge in [-0.2, -0.15) is 5.10 Å². The Labute approximate surface area is 178 Å². The molecule has 31 heavy (non-hydrogen) atoms. The zero-order chi connectivity index (χ0) is 21.2. The first kappa shape index (κ1) is 18.7. The van der Waals surface area contributed by atoms with Gasteiger partial charge in [-0.1, -0.05) is 18.7 Å². The van der Waals surface area contributed by atoms with Gasteiger partial charge in [0, 0.05) is 52.7 Å². The third-order valence-corrected chi connectivity index (χ3v) is 5.27. The van der Waals surface area contributed by atoms with Gasteiger partial charge in [0.15, 0.2) is 0 Å². The lowest BCUT2D eigenvalue weighted by molar-refractivity contribution is 1.06. The molecule has 0 spiro atoms. The van der Waals surface area contributed by atoms with Gasteiger partial charge in [0.1, 0.15) is 5.69 Å². The molecule has 0 aliphatic carbocycles. The SMILES string of the molecule is C=C(/C=c1/c(-c2cc3c(-c4cccnc4)cncc3[nH]2)n[nH]/c1=C/C)c1ccncc1. The van der Waals surface area contributed by atoms with E-state index >= 15 is 0 Å². The maximum atomic E-state index is 4.60. The maximum Gasteiger partial charge on any atom is 0.116 e. The first-order chi connectivity index (χ1) is 15.2. The van der Waals surface area contributed by atoms with Gasteiger partial charge < -0.3 is 4.98 Å². The molecule has 0 aliphatic heterocycles. The fraction of sp³-hybridized carbons (Fsp3) is 0.0400. The highest BCUT2D eigenvalue weighted by Crippen LogP contribution is 2.29. The fourth-order valence-corrected chi connectivity index (χ4v) is 3.69. The van der Waals surface area contributed by atoms with E-state index in [9.17, 15) is 0 Å². The Bertz CT molecular complexity index is 1490. The Morgan fingerprint density at radius 3 is 2.65 bits per heavy atom. The van der Waals surface area contributed by atoms with Crippen LogP contribution in [-0.4, -0.2) is 30.1 Å². The highest BCUT2D eigenvalue weighted by atomic mass is 15.1. The van der Waals surface area contributed by atoms with Crippen molar-refractivity contribution in [2.75, 3.05) is 0 Å². The average molecular weight is 404 g/mol. The number of hydrogen-bond donors (Lipinski definition) is 2. The average Bonchev–Trinajstić information content (AvgIpc) is 3.43. The van der Waals surface area contributed by atoms with Gasteiger partial charge in [-0.3, -0.25) is 20.1 Å². The summed E-state index contributed by atoms with van der Waals surface area (Å²) < 4.78 is 0. The third kappa shape index (κ3) is 3.44. The summed E-state index contributed by atoms with van der Waals surface area (Å²) in [7, 11) is 0. The number of allylic oxidation sites excluding steroid dienone is 1. The van der Waals surface area contributed by atoms with E-state index in [2.05, 4.69) is 48.9 Å². The van der Waals surface area contributed by atoms with Crippen molar-refractivity contribution in [3.05, 3.63) is 90.2 Å². The van der Waals surface area contributed by atoms with Crippen LogP contribution in [0.1, 0.15) is 12.5 Å². The number of nitrogens with zero attached hydrogens (tertiary/aromatic N) is 4. The van der Waals surface area contributed by atoms with E-state index in [1.807, 2.05) is 55.9 Å². The van der Waals surface area contributed by atoms with E-state index in [1.165, 1.54) is 0 Å². The summed E-state index contributed by atoms with van der Waals surface area (Å²) in [5, 5.41) is 10.7. The van der Waals surface area contributed by atoms with Crippen LogP contribution < -0.4 is 10.6 Å². The summed E-state index contributed by atoms with van der Waals surface area (Å²) in [6.45, 7) is 6.23. The van der Waals surface area contributed by atoms with Crippen molar-refractivity contribution in [3.8, 4) is 22.5 Å². The quantitative estimate of drug-likeness (QED) is 0.478. The lowest BCUT2D eigenvalue weighted by Gasteiger charge is -2.01. The van der Waals surface area contributed by atoms with Crippen LogP contribution >= 0.6 is 0 Å². The molecule has 5 aromatic rings. The van der Waals surface area contributed by atoms with Crippen LogP contribution in [0.25, 0.3) is 51.1 Å². The number of fused-ring (bicyclic) bond motifs is 1. The summed E-state index contributed by atoms with van der Waals surface area (Å²) in [6, 6.07) is 9.97. The number of aromatic nitrogens is 6. The van der Waals surface area contributed by atoms with Crippen LogP contribution in [0.4, 0.5) is 0 Å². The zero-order valence-corrected chi connectivity index (χ0v) is 17.0. The van der Waals surface area contributed by atoms with Crippen LogP contribution in [-0.2, 0) is 0 Å². The van der Waals surface area contributed by atoms with Crippen LogP contribution in [0.15, 0.2) is 74.1 Å². The van der Waals surface area contributed by atoms with E-state index in [1.54, 1.807) is 18.6 Å². The first-order valence-electron chi connectivity index (χ1n) is 9.94. The molecule has 5 heterocycles. The van der Waals surface area contributed by atoms with Crippen molar-refractivity contribution >= 4 is 28.6 Å². The Kier molecular flexibility index (Phi) is 4.72. The molecule has 6 heteroatoms. The topological polar surface area (TPSA) is 83.1 Å². The molecule has 0 saturated carbocycles. The molecule has 150 valence electrons. The molecule has 0 amide bonds. The van der Waals surface area contributed by atoms with E-state index in [-0.39, 0.29) is 0 Å². The molecule has 0 aliphatic rings. The van der Waals surface area contributed by atoms with Gasteiger partial charge in [0.05, 0.1) is 22.8 Å². The van der Waals surface area contributed by atoms with Crippen molar-refractivity contribution in [2.24, 2.45) is 0 Å². The summed E-state index contributed by atoms with van der Waals surface area (Å²) in [4.78, 5) is 16.2. The van der Waals surface area contributed by atoms with Gasteiger partial charge in [-0.15, -0.1) is 0 Å². The Morgan fingerprint density at radius 1 is 1.00 bits per heavy atom. The largest absolute Gasteiger partial charge is 0.352 e. The number of H-pyrrole nitrogens is 2. The molecule has 5 aromatic heterocycles. The van der Waals surface area contributed by atoms with E-state index in [4.69, 9.17) is 0 Å². The first-order valence-corrected chi connectivity index (χ1v) is 9.94. The van der Waals surface area contributed by atoms with E-state index in [0.29, 0.717) is 0 Å². The highest BCUT2D eigenvalue weighted by molar-refractivity contribution is 5.97. The summed E-state index contributed by atoms with van der Waals surface area (Å²) >= 11 is 0. The fourth-order valence-electron chi connectivity index (χ4n) is 3.69. The minimum Gasteiger partial charge on any atom is -0.352 e. The molecule has 2 N–H and O–H groups in total. The molecule has 0 unspecified atom stereocenters. The van der Waals surface area contributed by atoms with Gasteiger partial charge in [-0.05, 0) is 48.4 Å². The predicted molar refractivity (Wildman–Crippen MR) is 124 cm³/mol. The third-order valence-electron chi connectivity index (χ3n) is 5.27. The summed E-state index contributed by atoms with van der Waals surface area (Å²) in [6.07, 6.45) is 14.9. The number of nitrogens with one attached hydrogen (secondary N) is 2. The van der Waals surface area contributed by atoms with Gasteiger partial charge in [0.2, 0.25) is 0 Å². The molecule has 0 fully saturated rings. The van der Waals surface area contributed by atoms with E-state index < -0.39 is 0 Å². The predicted octanol–water partition coefficient (Wildman–Crippen LogP) is 3.70. The van der Waals surface area contributed by atoms with Crippen LogP contribution in [0.2, 0.25) is 0 Å². The van der Waals surface area contributed by atoms with Crippen molar-refractivity contribution in [1.82, 2.24) is 30.1 Å². The molecular weight excluding hydrogens is 384 g/mol. The molecule has 6 nitrogen and oxygen atoms in total. The monoisotopic (exact) mass is 404 g/mol. The number of hydrogen-bond acceptors (Lipinski definition) is 4. The molecule has 0 saturated heterocycles. The lowest BCUT2D eigenvalue weighted by atomic mass is 10.1. The Balaban J connectivity index is 1.68. The van der Waals surface area contributed by atoms with Crippen molar-refractivity contribution in [2.45, 2.75) is 6.92 Å². The molecule has 5 rings (SSSR count). The molecule has 0 aromatic carbocycles. The van der Waals surface area contributed by atoms with Gasteiger partial charge >= 0.3 is 0 Å². The molecular formula is C25H20N6. The maximum absolute atomic E-state index is 4.60.